The quantitative estimate of drug-likeness (QED) is 0.898. The van der Waals surface area contributed by atoms with Crippen LogP contribution in [-0.4, -0.2) is 49.1 Å². The van der Waals surface area contributed by atoms with Crippen molar-refractivity contribution >= 4 is 0 Å². The van der Waals surface area contributed by atoms with Crippen molar-refractivity contribution < 1.29 is 0 Å². The second-order valence-corrected chi connectivity index (χ2v) is 5.79. The lowest BCUT2D eigenvalue weighted by molar-refractivity contribution is 0.196. The molecule has 1 aliphatic heterocycles. The fraction of sp³-hybridized carbons (Fsp3) is 0.625. The maximum atomic E-state index is 5.74. The van der Waals surface area contributed by atoms with Crippen LogP contribution in [0.4, 0.5) is 0 Å². The summed E-state index contributed by atoms with van der Waals surface area (Å²) >= 11 is 0. The Morgan fingerprint density at radius 1 is 1.21 bits per heavy atom. The largest absolute Gasteiger partial charge is 0.330 e. The molecule has 0 saturated carbocycles. The Bertz CT molecular complexity index is 374. The topological polar surface area (TPSA) is 32.5 Å². The fourth-order valence-corrected chi connectivity index (χ4v) is 2.85. The number of hydrogen-bond donors (Lipinski definition) is 1. The molecule has 1 aromatic rings. The predicted molar refractivity (Wildman–Crippen MR) is 81.2 cm³/mol. The van der Waals surface area contributed by atoms with Gasteiger partial charge in [-0.3, -0.25) is 4.90 Å². The number of nitrogens with zero attached hydrogens (tertiary/aromatic N) is 2. The molecule has 19 heavy (non-hydrogen) atoms. The van der Waals surface area contributed by atoms with Crippen LogP contribution >= 0.6 is 0 Å². The van der Waals surface area contributed by atoms with Gasteiger partial charge in [-0.1, -0.05) is 29.8 Å². The van der Waals surface area contributed by atoms with Crippen LogP contribution in [0.2, 0.25) is 0 Å². The van der Waals surface area contributed by atoms with E-state index in [1.54, 1.807) is 0 Å². The number of rotatable bonds is 4. The van der Waals surface area contributed by atoms with E-state index in [0.29, 0.717) is 6.04 Å². The zero-order chi connectivity index (χ0) is 13.7. The number of likely N-dealkylation sites (N-methyl/N-ethyl adjacent to an activating group) is 1. The Balaban J connectivity index is 1.97. The maximum absolute atomic E-state index is 5.74. The highest BCUT2D eigenvalue weighted by Gasteiger charge is 2.21. The SMILES string of the molecule is Cc1ccc(CN2CCCN(C)C(CCN)C2)cc1. The van der Waals surface area contributed by atoms with E-state index in [4.69, 9.17) is 5.73 Å². The van der Waals surface area contributed by atoms with Gasteiger partial charge >= 0.3 is 0 Å². The van der Waals surface area contributed by atoms with Crippen molar-refractivity contribution in [3.8, 4) is 0 Å². The van der Waals surface area contributed by atoms with Crippen LogP contribution in [0.25, 0.3) is 0 Å². The number of nitrogens with two attached hydrogens (primary N) is 1. The van der Waals surface area contributed by atoms with E-state index >= 15 is 0 Å². The summed E-state index contributed by atoms with van der Waals surface area (Å²) in [5.41, 5.74) is 8.49. The van der Waals surface area contributed by atoms with Crippen molar-refractivity contribution in [2.45, 2.75) is 32.4 Å². The molecule has 0 aliphatic carbocycles. The molecule has 0 bridgehead atoms. The molecule has 0 amide bonds. The fourth-order valence-electron chi connectivity index (χ4n) is 2.85. The first-order chi connectivity index (χ1) is 9.19. The van der Waals surface area contributed by atoms with E-state index in [9.17, 15) is 0 Å². The van der Waals surface area contributed by atoms with E-state index < -0.39 is 0 Å². The summed E-state index contributed by atoms with van der Waals surface area (Å²) in [5, 5.41) is 0. The van der Waals surface area contributed by atoms with E-state index in [1.807, 2.05) is 0 Å². The molecule has 2 rings (SSSR count). The third-order valence-corrected chi connectivity index (χ3v) is 4.10. The molecule has 0 spiro atoms. The Morgan fingerprint density at radius 2 is 1.95 bits per heavy atom. The lowest BCUT2D eigenvalue weighted by Gasteiger charge is -2.28. The molecule has 1 aliphatic rings. The van der Waals surface area contributed by atoms with Gasteiger partial charge in [0.05, 0.1) is 0 Å². The van der Waals surface area contributed by atoms with Crippen LogP contribution in [0.15, 0.2) is 24.3 Å². The highest BCUT2D eigenvalue weighted by Crippen LogP contribution is 2.14. The average molecular weight is 261 g/mol. The summed E-state index contributed by atoms with van der Waals surface area (Å²) < 4.78 is 0. The van der Waals surface area contributed by atoms with Gasteiger partial charge in [-0.15, -0.1) is 0 Å². The van der Waals surface area contributed by atoms with Crippen LogP contribution in [-0.2, 0) is 6.54 Å². The lowest BCUT2D eigenvalue weighted by Crippen LogP contribution is -2.40. The van der Waals surface area contributed by atoms with Crippen LogP contribution in [0.1, 0.15) is 24.0 Å². The smallest absolute Gasteiger partial charge is 0.0234 e. The Kier molecular flexibility index (Phi) is 5.37. The second kappa shape index (κ2) is 7.04. The molecule has 1 saturated heterocycles. The number of aryl methyl sites for hydroxylation is 1. The monoisotopic (exact) mass is 261 g/mol. The van der Waals surface area contributed by atoms with Crippen molar-refractivity contribution in [1.29, 1.82) is 0 Å². The maximum Gasteiger partial charge on any atom is 0.0234 e. The van der Waals surface area contributed by atoms with Crippen LogP contribution < -0.4 is 5.73 Å². The standard InChI is InChI=1S/C16H27N3/c1-14-4-6-15(7-5-14)12-19-11-3-10-18(2)16(13-19)8-9-17/h4-7,16H,3,8-13,17H2,1-2H3. The summed E-state index contributed by atoms with van der Waals surface area (Å²) in [6.45, 7) is 7.51. The molecule has 3 nitrogen and oxygen atoms in total. The van der Waals surface area contributed by atoms with E-state index in [1.165, 1.54) is 30.6 Å². The van der Waals surface area contributed by atoms with Gasteiger partial charge in [-0.2, -0.15) is 0 Å². The molecule has 1 heterocycles. The van der Waals surface area contributed by atoms with Gasteiger partial charge < -0.3 is 10.6 Å². The zero-order valence-electron chi connectivity index (χ0n) is 12.3. The predicted octanol–water partition coefficient (Wildman–Crippen LogP) is 1.85. The first-order valence-electron chi connectivity index (χ1n) is 7.37. The van der Waals surface area contributed by atoms with Crippen molar-refractivity contribution in [2.75, 3.05) is 33.2 Å². The van der Waals surface area contributed by atoms with Crippen LogP contribution in [0, 0.1) is 6.92 Å². The molecular formula is C16H27N3. The summed E-state index contributed by atoms with van der Waals surface area (Å²) in [6.07, 6.45) is 2.35. The van der Waals surface area contributed by atoms with Crippen molar-refractivity contribution in [1.82, 2.24) is 9.80 Å². The molecule has 1 aromatic carbocycles. The average Bonchev–Trinajstić information content (AvgIpc) is 2.56. The molecule has 1 unspecified atom stereocenters. The van der Waals surface area contributed by atoms with Gasteiger partial charge in [-0.05, 0) is 52.0 Å². The Morgan fingerprint density at radius 3 is 2.63 bits per heavy atom. The van der Waals surface area contributed by atoms with E-state index in [0.717, 1.165) is 26.1 Å². The third kappa shape index (κ3) is 4.30. The van der Waals surface area contributed by atoms with E-state index in [-0.39, 0.29) is 0 Å². The minimum Gasteiger partial charge on any atom is -0.330 e. The Hall–Kier alpha value is -0.900. The molecule has 0 aromatic heterocycles. The highest BCUT2D eigenvalue weighted by molar-refractivity contribution is 5.21. The van der Waals surface area contributed by atoms with Gasteiger partial charge in [0.2, 0.25) is 0 Å². The zero-order valence-corrected chi connectivity index (χ0v) is 12.3. The van der Waals surface area contributed by atoms with Crippen LogP contribution in [0.5, 0.6) is 0 Å². The van der Waals surface area contributed by atoms with Crippen molar-refractivity contribution in [2.24, 2.45) is 5.73 Å². The van der Waals surface area contributed by atoms with Crippen molar-refractivity contribution in [3.63, 3.8) is 0 Å². The highest BCUT2D eigenvalue weighted by atomic mass is 15.2. The number of hydrogen-bond acceptors (Lipinski definition) is 3. The van der Waals surface area contributed by atoms with Gasteiger partial charge in [0.15, 0.2) is 0 Å². The summed E-state index contributed by atoms with van der Waals surface area (Å²) in [7, 11) is 2.23. The minimum absolute atomic E-state index is 0.609. The third-order valence-electron chi connectivity index (χ3n) is 4.10. The normalized spacial score (nSPS) is 22.4. The van der Waals surface area contributed by atoms with Gasteiger partial charge in [0.25, 0.3) is 0 Å². The van der Waals surface area contributed by atoms with Gasteiger partial charge in [0, 0.05) is 19.1 Å². The molecular weight excluding hydrogens is 234 g/mol. The summed E-state index contributed by atoms with van der Waals surface area (Å²) in [6, 6.07) is 9.52. The summed E-state index contributed by atoms with van der Waals surface area (Å²) in [5.74, 6) is 0. The minimum atomic E-state index is 0.609. The molecule has 2 N–H and O–H groups in total. The summed E-state index contributed by atoms with van der Waals surface area (Å²) in [4.78, 5) is 5.05. The van der Waals surface area contributed by atoms with Gasteiger partial charge in [0.1, 0.15) is 0 Å². The number of benzene rings is 1. The van der Waals surface area contributed by atoms with Crippen LogP contribution in [0.3, 0.4) is 0 Å². The molecule has 1 fully saturated rings. The second-order valence-electron chi connectivity index (χ2n) is 5.79. The molecule has 0 radical (unpaired) electrons. The lowest BCUT2D eigenvalue weighted by atomic mass is 10.1. The molecule has 1 atom stereocenters. The molecule has 3 heteroatoms. The Labute approximate surface area is 117 Å². The van der Waals surface area contributed by atoms with Gasteiger partial charge in [-0.25, -0.2) is 0 Å². The van der Waals surface area contributed by atoms with Crippen molar-refractivity contribution in [3.05, 3.63) is 35.4 Å². The first kappa shape index (κ1) is 14.5. The van der Waals surface area contributed by atoms with E-state index in [2.05, 4.69) is 48.0 Å². The first-order valence-corrected chi connectivity index (χ1v) is 7.37. The molecule has 106 valence electrons.